The summed E-state index contributed by atoms with van der Waals surface area (Å²) in [6.45, 7) is 0.728. The molecule has 1 aromatic heterocycles. The van der Waals surface area contributed by atoms with Crippen LogP contribution < -0.4 is 5.32 Å². The number of benzene rings is 2. The zero-order valence-electron chi connectivity index (χ0n) is 10.3. The van der Waals surface area contributed by atoms with Crippen molar-refractivity contribution in [3.8, 4) is 0 Å². The Morgan fingerprint density at radius 3 is 2.58 bits per heavy atom. The van der Waals surface area contributed by atoms with E-state index in [1.54, 1.807) is 0 Å². The van der Waals surface area contributed by atoms with Crippen molar-refractivity contribution in [2.24, 2.45) is 0 Å². The van der Waals surface area contributed by atoms with E-state index in [0.717, 1.165) is 22.4 Å². The van der Waals surface area contributed by atoms with Gasteiger partial charge < -0.3 is 5.32 Å². The van der Waals surface area contributed by atoms with Crippen molar-refractivity contribution in [3.63, 3.8) is 0 Å². The molecule has 0 unspecified atom stereocenters. The molecule has 2 nitrogen and oxygen atoms in total. The molecular formula is C16H13BrN2. The molecule has 2 aromatic carbocycles. The minimum atomic E-state index is 0.728. The molecule has 0 aliphatic carbocycles. The molecule has 3 heteroatoms. The van der Waals surface area contributed by atoms with E-state index in [0.29, 0.717) is 0 Å². The van der Waals surface area contributed by atoms with Crippen LogP contribution in [0.5, 0.6) is 0 Å². The monoisotopic (exact) mass is 312 g/mol. The van der Waals surface area contributed by atoms with Gasteiger partial charge in [0.25, 0.3) is 0 Å². The fraction of sp³-hybridized carbons (Fsp3) is 0.0625. The van der Waals surface area contributed by atoms with Crippen LogP contribution in [-0.4, -0.2) is 4.98 Å². The average molecular weight is 313 g/mol. The number of fused-ring (bicyclic) bond motifs is 1. The molecule has 19 heavy (non-hydrogen) atoms. The molecule has 0 spiro atoms. The van der Waals surface area contributed by atoms with Crippen molar-refractivity contribution in [1.82, 2.24) is 4.98 Å². The fourth-order valence-electron chi connectivity index (χ4n) is 2.00. The molecule has 0 saturated heterocycles. The fourth-order valence-corrected chi connectivity index (χ4v) is 2.24. The molecule has 0 amide bonds. The molecular weight excluding hydrogens is 300 g/mol. The molecule has 94 valence electrons. The Bertz CT molecular complexity index is 692. The lowest BCUT2D eigenvalue weighted by atomic mass is 10.1. The predicted octanol–water partition coefficient (Wildman–Crippen LogP) is 4.61. The first kappa shape index (κ1) is 12.2. The number of halogens is 1. The molecule has 0 atom stereocenters. The van der Waals surface area contributed by atoms with Crippen LogP contribution in [0.1, 0.15) is 5.69 Å². The average Bonchev–Trinajstić information content (AvgIpc) is 2.46. The van der Waals surface area contributed by atoms with Gasteiger partial charge in [-0.1, -0.05) is 30.3 Å². The van der Waals surface area contributed by atoms with Gasteiger partial charge >= 0.3 is 0 Å². The highest BCUT2D eigenvalue weighted by Gasteiger charge is 1.97. The van der Waals surface area contributed by atoms with E-state index in [2.05, 4.69) is 68.7 Å². The van der Waals surface area contributed by atoms with Gasteiger partial charge in [0.1, 0.15) is 0 Å². The van der Waals surface area contributed by atoms with Gasteiger partial charge in [-0.05, 0) is 51.0 Å². The maximum atomic E-state index is 4.35. The number of anilines is 1. The highest BCUT2D eigenvalue weighted by molar-refractivity contribution is 9.10. The molecule has 1 N–H and O–H groups in total. The topological polar surface area (TPSA) is 24.9 Å². The zero-order chi connectivity index (χ0) is 13.1. The van der Waals surface area contributed by atoms with Crippen molar-refractivity contribution in [3.05, 3.63) is 71.0 Å². The Morgan fingerprint density at radius 2 is 1.79 bits per heavy atom. The van der Waals surface area contributed by atoms with Gasteiger partial charge in [0, 0.05) is 16.4 Å². The van der Waals surface area contributed by atoms with E-state index in [1.165, 1.54) is 10.8 Å². The summed E-state index contributed by atoms with van der Waals surface area (Å²) in [4.78, 5) is 4.35. The third kappa shape index (κ3) is 2.93. The van der Waals surface area contributed by atoms with Gasteiger partial charge in [-0.3, -0.25) is 4.98 Å². The second-order valence-electron chi connectivity index (χ2n) is 4.38. The van der Waals surface area contributed by atoms with E-state index >= 15 is 0 Å². The molecule has 0 bridgehead atoms. The molecule has 0 saturated carbocycles. The van der Waals surface area contributed by atoms with E-state index in [9.17, 15) is 0 Å². The Balaban J connectivity index is 1.76. The van der Waals surface area contributed by atoms with Crippen LogP contribution in [0.15, 0.2) is 65.3 Å². The Hall–Kier alpha value is -1.87. The first-order valence-corrected chi connectivity index (χ1v) is 6.94. The van der Waals surface area contributed by atoms with Crippen LogP contribution in [0.25, 0.3) is 10.8 Å². The summed E-state index contributed by atoms with van der Waals surface area (Å²) in [5.41, 5.74) is 2.14. The largest absolute Gasteiger partial charge is 0.379 e. The lowest BCUT2D eigenvalue weighted by Crippen LogP contribution is -2.01. The van der Waals surface area contributed by atoms with Crippen molar-refractivity contribution in [1.29, 1.82) is 0 Å². The zero-order valence-corrected chi connectivity index (χ0v) is 11.9. The molecule has 3 rings (SSSR count). The van der Waals surface area contributed by atoms with Crippen molar-refractivity contribution in [2.75, 3.05) is 5.32 Å². The number of nitrogens with zero attached hydrogens (tertiary/aromatic N) is 1. The molecule has 0 fully saturated rings. The molecule has 3 aromatic rings. The second-order valence-corrected chi connectivity index (χ2v) is 5.30. The lowest BCUT2D eigenvalue weighted by Gasteiger charge is -2.07. The second kappa shape index (κ2) is 5.41. The van der Waals surface area contributed by atoms with Gasteiger partial charge in [-0.2, -0.15) is 0 Å². The Kier molecular flexibility index (Phi) is 3.47. The highest BCUT2D eigenvalue weighted by atomic mass is 79.9. The van der Waals surface area contributed by atoms with Crippen LogP contribution in [-0.2, 0) is 6.54 Å². The van der Waals surface area contributed by atoms with Gasteiger partial charge in [-0.25, -0.2) is 0 Å². The smallest absolute Gasteiger partial charge is 0.0595 e. The van der Waals surface area contributed by atoms with Crippen LogP contribution in [0.2, 0.25) is 0 Å². The minimum Gasteiger partial charge on any atom is -0.379 e. The summed E-state index contributed by atoms with van der Waals surface area (Å²) in [6.07, 6.45) is 1.82. The summed E-state index contributed by atoms with van der Waals surface area (Å²) in [7, 11) is 0. The normalized spacial score (nSPS) is 10.6. The Morgan fingerprint density at radius 1 is 0.947 bits per heavy atom. The third-order valence-electron chi connectivity index (χ3n) is 3.01. The van der Waals surface area contributed by atoms with Crippen molar-refractivity contribution in [2.45, 2.75) is 6.54 Å². The van der Waals surface area contributed by atoms with Crippen LogP contribution in [0.4, 0.5) is 5.69 Å². The first-order chi connectivity index (χ1) is 9.31. The van der Waals surface area contributed by atoms with Gasteiger partial charge in [-0.15, -0.1) is 0 Å². The van der Waals surface area contributed by atoms with E-state index < -0.39 is 0 Å². The van der Waals surface area contributed by atoms with Crippen LogP contribution >= 0.6 is 15.9 Å². The number of hydrogen-bond donors (Lipinski definition) is 1. The number of rotatable bonds is 3. The maximum Gasteiger partial charge on any atom is 0.0595 e. The van der Waals surface area contributed by atoms with Gasteiger partial charge in [0.15, 0.2) is 0 Å². The number of aromatic nitrogens is 1. The van der Waals surface area contributed by atoms with Crippen LogP contribution in [0.3, 0.4) is 0 Å². The highest BCUT2D eigenvalue weighted by Crippen LogP contribution is 2.19. The number of hydrogen-bond acceptors (Lipinski definition) is 2. The SMILES string of the molecule is Brc1ccc(CNc2ccc3ccccc3c2)nc1. The third-order valence-corrected chi connectivity index (χ3v) is 3.48. The predicted molar refractivity (Wildman–Crippen MR) is 83.2 cm³/mol. The standard InChI is InChI=1S/C16H13BrN2/c17-14-6-8-16(18-10-14)11-19-15-7-5-12-3-1-2-4-13(12)9-15/h1-10,19H,11H2. The molecule has 0 aliphatic rings. The van der Waals surface area contributed by atoms with Gasteiger partial charge in [0.2, 0.25) is 0 Å². The van der Waals surface area contributed by atoms with E-state index in [1.807, 2.05) is 18.3 Å². The van der Waals surface area contributed by atoms with E-state index in [4.69, 9.17) is 0 Å². The first-order valence-electron chi connectivity index (χ1n) is 6.14. The summed E-state index contributed by atoms with van der Waals surface area (Å²) in [5.74, 6) is 0. The summed E-state index contributed by atoms with van der Waals surface area (Å²) in [6, 6.07) is 18.8. The quantitative estimate of drug-likeness (QED) is 0.764. The van der Waals surface area contributed by atoms with Crippen molar-refractivity contribution < 1.29 is 0 Å². The van der Waals surface area contributed by atoms with E-state index in [-0.39, 0.29) is 0 Å². The van der Waals surface area contributed by atoms with Crippen molar-refractivity contribution >= 4 is 32.4 Å². The minimum absolute atomic E-state index is 0.728. The molecule has 0 radical (unpaired) electrons. The van der Waals surface area contributed by atoms with Gasteiger partial charge in [0.05, 0.1) is 12.2 Å². The lowest BCUT2D eigenvalue weighted by molar-refractivity contribution is 1.04. The Labute approximate surface area is 120 Å². The molecule has 0 aliphatic heterocycles. The number of pyridine rings is 1. The summed E-state index contributed by atoms with van der Waals surface area (Å²) >= 11 is 3.39. The summed E-state index contributed by atoms with van der Waals surface area (Å²) < 4.78 is 1.00. The van der Waals surface area contributed by atoms with Crippen LogP contribution in [0, 0.1) is 0 Å². The maximum absolute atomic E-state index is 4.35. The molecule has 1 heterocycles. The number of nitrogens with one attached hydrogen (secondary N) is 1. The summed E-state index contributed by atoms with van der Waals surface area (Å²) in [5, 5.41) is 5.90.